The molecule has 0 saturated heterocycles. The number of rotatable bonds is 4. The van der Waals surface area contributed by atoms with Gasteiger partial charge in [-0.25, -0.2) is 0 Å². The molecule has 1 unspecified atom stereocenters. The molecule has 94 valence electrons. The Hall–Kier alpha value is -0.770. The van der Waals surface area contributed by atoms with E-state index in [2.05, 4.69) is 4.90 Å². The van der Waals surface area contributed by atoms with Gasteiger partial charge in [-0.05, 0) is 31.7 Å². The third-order valence-corrected chi connectivity index (χ3v) is 3.48. The number of benzene rings is 1. The van der Waals surface area contributed by atoms with Crippen LogP contribution in [0.1, 0.15) is 18.1 Å². The van der Waals surface area contributed by atoms with E-state index >= 15 is 0 Å². The Labute approximate surface area is 107 Å². The lowest BCUT2D eigenvalue weighted by molar-refractivity contribution is 0.153. The highest BCUT2D eigenvalue weighted by atomic mass is 35.5. The monoisotopic (exact) mass is 255 g/mol. The van der Waals surface area contributed by atoms with Gasteiger partial charge in [0.1, 0.15) is 5.75 Å². The van der Waals surface area contributed by atoms with Gasteiger partial charge < -0.3 is 9.84 Å². The maximum atomic E-state index is 9.13. The average molecular weight is 256 g/mol. The molecule has 2 rings (SSSR count). The van der Waals surface area contributed by atoms with E-state index < -0.39 is 0 Å². The molecule has 0 aromatic heterocycles. The summed E-state index contributed by atoms with van der Waals surface area (Å²) in [5.41, 5.74) is 2.30. The minimum atomic E-state index is 0.131. The van der Waals surface area contributed by atoms with Gasteiger partial charge in [0.25, 0.3) is 0 Å². The molecule has 3 nitrogen and oxygen atoms in total. The number of hydrogen-bond acceptors (Lipinski definition) is 3. The van der Waals surface area contributed by atoms with Crippen molar-refractivity contribution in [2.45, 2.75) is 25.9 Å². The summed E-state index contributed by atoms with van der Waals surface area (Å²) in [5, 5.41) is 9.89. The van der Waals surface area contributed by atoms with Crippen molar-refractivity contribution in [3.8, 4) is 5.75 Å². The minimum absolute atomic E-state index is 0.131. The first-order valence-electron chi connectivity index (χ1n) is 5.87. The van der Waals surface area contributed by atoms with Crippen LogP contribution >= 0.6 is 11.6 Å². The molecule has 0 aliphatic carbocycles. The van der Waals surface area contributed by atoms with E-state index in [1.807, 2.05) is 26.1 Å². The number of likely N-dealkylation sites (N-methyl/N-ethyl adjacent to an activating group) is 1. The molecule has 0 fully saturated rings. The summed E-state index contributed by atoms with van der Waals surface area (Å²) in [4.78, 5) is 2.09. The van der Waals surface area contributed by atoms with Crippen molar-refractivity contribution in [2.24, 2.45) is 0 Å². The maximum absolute atomic E-state index is 9.13. The number of aliphatic hydroxyl groups is 1. The Bertz CT molecular complexity index is 409. The molecular weight excluding hydrogens is 238 g/mol. The molecule has 0 radical (unpaired) electrons. The van der Waals surface area contributed by atoms with E-state index in [1.54, 1.807) is 0 Å². The molecule has 1 aromatic rings. The predicted octanol–water partition coefficient (Wildman–Crippen LogP) is 2.09. The van der Waals surface area contributed by atoms with Crippen molar-refractivity contribution in [1.82, 2.24) is 4.90 Å². The molecule has 17 heavy (non-hydrogen) atoms. The molecule has 1 aromatic carbocycles. The topological polar surface area (TPSA) is 32.7 Å². The van der Waals surface area contributed by atoms with Crippen molar-refractivity contribution in [3.05, 3.63) is 28.3 Å². The van der Waals surface area contributed by atoms with Gasteiger partial charge in [0, 0.05) is 29.6 Å². The summed E-state index contributed by atoms with van der Waals surface area (Å²) in [5.74, 6) is 0.978. The van der Waals surface area contributed by atoms with Crippen LogP contribution in [0, 0.1) is 0 Å². The van der Waals surface area contributed by atoms with Crippen LogP contribution in [0.5, 0.6) is 5.75 Å². The predicted molar refractivity (Wildman–Crippen MR) is 68.7 cm³/mol. The fourth-order valence-electron chi connectivity index (χ4n) is 2.03. The normalized spacial score (nSPS) is 15.8. The van der Waals surface area contributed by atoms with E-state index in [1.165, 1.54) is 5.56 Å². The second-order valence-corrected chi connectivity index (χ2v) is 5.03. The van der Waals surface area contributed by atoms with E-state index in [-0.39, 0.29) is 12.6 Å². The smallest absolute Gasteiger partial charge is 0.127 e. The fourth-order valence-corrected chi connectivity index (χ4v) is 2.29. The number of aliphatic hydroxyl groups excluding tert-OH is 1. The van der Waals surface area contributed by atoms with Crippen molar-refractivity contribution in [1.29, 1.82) is 0 Å². The van der Waals surface area contributed by atoms with Crippen LogP contribution in [-0.2, 0) is 13.0 Å². The number of fused-ring (bicyclic) bond motifs is 1. The molecule has 0 saturated carbocycles. The second-order valence-electron chi connectivity index (χ2n) is 4.60. The van der Waals surface area contributed by atoms with Crippen LogP contribution in [-0.4, -0.2) is 36.3 Å². The van der Waals surface area contributed by atoms with Gasteiger partial charge in [-0.2, -0.15) is 0 Å². The molecule has 1 atom stereocenters. The average Bonchev–Trinajstić information content (AvgIpc) is 2.75. The number of nitrogens with zero attached hydrogens (tertiary/aromatic N) is 1. The zero-order chi connectivity index (χ0) is 12.4. The largest absolute Gasteiger partial charge is 0.493 e. The van der Waals surface area contributed by atoms with Crippen LogP contribution in [0.2, 0.25) is 5.02 Å². The van der Waals surface area contributed by atoms with Gasteiger partial charge in [0.15, 0.2) is 0 Å². The van der Waals surface area contributed by atoms with Gasteiger partial charge in [-0.1, -0.05) is 11.6 Å². The molecule has 0 spiro atoms. The Morgan fingerprint density at radius 2 is 2.29 bits per heavy atom. The van der Waals surface area contributed by atoms with Crippen molar-refractivity contribution in [3.63, 3.8) is 0 Å². The van der Waals surface area contributed by atoms with E-state index in [0.717, 1.165) is 35.9 Å². The van der Waals surface area contributed by atoms with Crippen molar-refractivity contribution in [2.75, 3.05) is 20.3 Å². The van der Waals surface area contributed by atoms with E-state index in [9.17, 15) is 0 Å². The summed E-state index contributed by atoms with van der Waals surface area (Å²) in [6.07, 6.45) is 0.933. The molecule has 0 amide bonds. The first kappa shape index (κ1) is 12.7. The summed E-state index contributed by atoms with van der Waals surface area (Å²) in [7, 11) is 1.99. The Balaban J connectivity index is 2.21. The molecule has 4 heteroatoms. The first-order valence-corrected chi connectivity index (χ1v) is 6.25. The second kappa shape index (κ2) is 5.25. The Morgan fingerprint density at radius 1 is 1.53 bits per heavy atom. The molecule has 1 aliphatic rings. The lowest BCUT2D eigenvalue weighted by atomic mass is 10.1. The first-order chi connectivity index (χ1) is 8.11. The Morgan fingerprint density at radius 3 is 3.00 bits per heavy atom. The van der Waals surface area contributed by atoms with E-state index in [4.69, 9.17) is 21.4 Å². The standard InChI is InChI=1S/C13H18ClNO2/c1-9(8-16)15(2)7-11-6-12(14)5-10-3-4-17-13(10)11/h5-6,9,16H,3-4,7-8H2,1-2H3. The third kappa shape index (κ3) is 2.73. The molecule has 1 N–H and O–H groups in total. The van der Waals surface area contributed by atoms with Gasteiger partial charge >= 0.3 is 0 Å². The highest BCUT2D eigenvalue weighted by molar-refractivity contribution is 6.30. The summed E-state index contributed by atoms with van der Waals surface area (Å²) in [6, 6.07) is 4.06. The minimum Gasteiger partial charge on any atom is -0.493 e. The highest BCUT2D eigenvalue weighted by Gasteiger charge is 2.19. The number of hydrogen-bond donors (Lipinski definition) is 1. The van der Waals surface area contributed by atoms with Gasteiger partial charge in [-0.15, -0.1) is 0 Å². The Kier molecular flexibility index (Phi) is 3.92. The van der Waals surface area contributed by atoms with Crippen LogP contribution in [0.25, 0.3) is 0 Å². The van der Waals surface area contributed by atoms with Crippen molar-refractivity contribution >= 4 is 11.6 Å². The van der Waals surface area contributed by atoms with Crippen molar-refractivity contribution < 1.29 is 9.84 Å². The zero-order valence-corrected chi connectivity index (χ0v) is 11.0. The third-order valence-electron chi connectivity index (χ3n) is 3.26. The van der Waals surface area contributed by atoms with Gasteiger partial charge in [-0.3, -0.25) is 4.90 Å². The summed E-state index contributed by atoms with van der Waals surface area (Å²) >= 11 is 6.10. The lowest BCUT2D eigenvalue weighted by Gasteiger charge is -2.23. The highest BCUT2D eigenvalue weighted by Crippen LogP contribution is 2.33. The summed E-state index contributed by atoms with van der Waals surface area (Å²) < 4.78 is 5.65. The maximum Gasteiger partial charge on any atom is 0.127 e. The summed E-state index contributed by atoms with van der Waals surface area (Å²) in [6.45, 7) is 3.62. The van der Waals surface area contributed by atoms with Crippen LogP contribution in [0.4, 0.5) is 0 Å². The SMILES string of the molecule is CC(CO)N(C)Cc1cc(Cl)cc2c1OCC2. The zero-order valence-electron chi connectivity index (χ0n) is 10.2. The number of ether oxygens (including phenoxy) is 1. The van der Waals surface area contributed by atoms with Crippen LogP contribution < -0.4 is 4.74 Å². The number of halogens is 1. The van der Waals surface area contributed by atoms with Gasteiger partial charge in [0.05, 0.1) is 13.2 Å². The van der Waals surface area contributed by atoms with E-state index in [0.29, 0.717) is 0 Å². The molecular formula is C13H18ClNO2. The van der Waals surface area contributed by atoms with Crippen LogP contribution in [0.15, 0.2) is 12.1 Å². The molecule has 0 bridgehead atoms. The van der Waals surface area contributed by atoms with Gasteiger partial charge in [0.2, 0.25) is 0 Å². The molecule has 1 heterocycles. The van der Waals surface area contributed by atoms with Crippen LogP contribution in [0.3, 0.4) is 0 Å². The lowest BCUT2D eigenvalue weighted by Crippen LogP contribution is -2.31. The molecule has 1 aliphatic heterocycles. The quantitative estimate of drug-likeness (QED) is 0.894. The fraction of sp³-hybridized carbons (Fsp3) is 0.538.